The summed E-state index contributed by atoms with van der Waals surface area (Å²) in [5.41, 5.74) is 3.13. The van der Waals surface area contributed by atoms with E-state index in [0.29, 0.717) is 5.56 Å². The molecule has 3 rings (SSSR count). The predicted molar refractivity (Wildman–Crippen MR) is 89.8 cm³/mol. The molecule has 116 valence electrons. The van der Waals surface area contributed by atoms with Crippen LogP contribution in [0, 0.1) is 12.3 Å². The molecule has 2 aromatic rings. The van der Waals surface area contributed by atoms with Crippen molar-refractivity contribution < 1.29 is 4.79 Å². The molecule has 0 spiro atoms. The van der Waals surface area contributed by atoms with Crippen molar-refractivity contribution in [1.29, 1.82) is 0 Å². The number of hydrogen-bond donors (Lipinski definition) is 1. The molecular weight excluding hydrogens is 342 g/mol. The van der Waals surface area contributed by atoms with Crippen molar-refractivity contribution in [2.75, 3.05) is 6.54 Å². The van der Waals surface area contributed by atoms with Crippen molar-refractivity contribution in [3.63, 3.8) is 0 Å². The highest BCUT2D eigenvalue weighted by Crippen LogP contribution is 2.47. The van der Waals surface area contributed by atoms with Crippen LogP contribution < -0.4 is 5.32 Å². The fraction of sp³-hybridized carbons (Fsp3) is 0.412. The third kappa shape index (κ3) is 3.24. The number of rotatable bonds is 5. The number of benzene rings is 1. The van der Waals surface area contributed by atoms with Crippen LogP contribution in [-0.4, -0.2) is 22.2 Å². The smallest absolute Gasteiger partial charge is 0.254 e. The standard InChI is InChI=1S/C17H20BrN3O/c1-12-15(10-20-21(12)2)16(22)19-11-17(7-8-17)9-13-3-5-14(18)6-4-13/h3-6,10H,7-9,11H2,1-2H3,(H,19,22). The zero-order valence-electron chi connectivity index (χ0n) is 12.9. The van der Waals surface area contributed by atoms with E-state index < -0.39 is 0 Å². The molecule has 1 saturated carbocycles. The quantitative estimate of drug-likeness (QED) is 0.888. The SMILES string of the molecule is Cc1c(C(=O)NCC2(Cc3ccc(Br)cc3)CC2)cnn1C. The molecule has 1 aromatic heterocycles. The van der Waals surface area contributed by atoms with E-state index in [0.717, 1.165) is 23.1 Å². The summed E-state index contributed by atoms with van der Waals surface area (Å²) in [4.78, 5) is 12.3. The molecule has 1 aromatic carbocycles. The van der Waals surface area contributed by atoms with Crippen molar-refractivity contribution >= 4 is 21.8 Å². The molecule has 0 bridgehead atoms. The van der Waals surface area contributed by atoms with E-state index in [4.69, 9.17) is 0 Å². The highest BCUT2D eigenvalue weighted by Gasteiger charge is 2.42. The molecular formula is C17H20BrN3O. The van der Waals surface area contributed by atoms with Crippen molar-refractivity contribution in [3.8, 4) is 0 Å². The first-order chi connectivity index (χ1) is 10.5. The van der Waals surface area contributed by atoms with Crippen LogP contribution in [0.25, 0.3) is 0 Å². The number of halogens is 1. The summed E-state index contributed by atoms with van der Waals surface area (Å²) < 4.78 is 2.82. The van der Waals surface area contributed by atoms with Crippen LogP contribution in [0.2, 0.25) is 0 Å². The van der Waals surface area contributed by atoms with Gasteiger partial charge < -0.3 is 5.32 Å². The van der Waals surface area contributed by atoms with Crippen LogP contribution in [0.15, 0.2) is 34.9 Å². The fourth-order valence-corrected chi connectivity index (χ4v) is 2.98. The van der Waals surface area contributed by atoms with E-state index in [1.165, 1.54) is 18.4 Å². The number of carbonyl (C=O) groups excluding carboxylic acids is 1. The Labute approximate surface area is 139 Å². The summed E-state index contributed by atoms with van der Waals surface area (Å²) in [6, 6.07) is 8.44. The number of aromatic nitrogens is 2. The van der Waals surface area contributed by atoms with Gasteiger partial charge in [0.1, 0.15) is 0 Å². The van der Waals surface area contributed by atoms with Gasteiger partial charge in [-0.05, 0) is 49.3 Å². The first-order valence-corrected chi connectivity index (χ1v) is 8.30. The van der Waals surface area contributed by atoms with Gasteiger partial charge in [0.05, 0.1) is 11.8 Å². The van der Waals surface area contributed by atoms with E-state index >= 15 is 0 Å². The number of carbonyl (C=O) groups is 1. The minimum absolute atomic E-state index is 0.0207. The Balaban J connectivity index is 1.60. The molecule has 1 aliphatic rings. The summed E-state index contributed by atoms with van der Waals surface area (Å²) in [6.07, 6.45) is 5.01. The number of nitrogens with zero attached hydrogens (tertiary/aromatic N) is 2. The molecule has 4 nitrogen and oxygen atoms in total. The maximum atomic E-state index is 12.3. The largest absolute Gasteiger partial charge is 0.351 e. The van der Waals surface area contributed by atoms with Gasteiger partial charge in [-0.1, -0.05) is 28.1 Å². The molecule has 1 aliphatic carbocycles. The van der Waals surface area contributed by atoms with Gasteiger partial charge in [0, 0.05) is 23.8 Å². The van der Waals surface area contributed by atoms with Crippen LogP contribution in [0.5, 0.6) is 0 Å². The average Bonchev–Trinajstić information content (AvgIpc) is 3.19. The molecule has 1 N–H and O–H groups in total. The van der Waals surface area contributed by atoms with Gasteiger partial charge in [-0.25, -0.2) is 0 Å². The van der Waals surface area contributed by atoms with E-state index in [1.54, 1.807) is 10.9 Å². The topological polar surface area (TPSA) is 46.9 Å². The lowest BCUT2D eigenvalue weighted by Gasteiger charge is -2.16. The van der Waals surface area contributed by atoms with Crippen molar-refractivity contribution in [3.05, 3.63) is 51.8 Å². The Morgan fingerprint density at radius 1 is 1.36 bits per heavy atom. The molecule has 1 amide bonds. The Morgan fingerprint density at radius 2 is 2.05 bits per heavy atom. The highest BCUT2D eigenvalue weighted by molar-refractivity contribution is 9.10. The van der Waals surface area contributed by atoms with Crippen LogP contribution >= 0.6 is 15.9 Å². The lowest BCUT2D eigenvalue weighted by Crippen LogP contribution is -2.31. The van der Waals surface area contributed by atoms with Gasteiger partial charge >= 0.3 is 0 Å². The summed E-state index contributed by atoms with van der Waals surface area (Å²) in [6.45, 7) is 2.65. The Morgan fingerprint density at radius 3 is 2.59 bits per heavy atom. The maximum absolute atomic E-state index is 12.3. The van der Waals surface area contributed by atoms with Crippen molar-refractivity contribution in [2.45, 2.75) is 26.2 Å². The second-order valence-electron chi connectivity index (χ2n) is 6.25. The van der Waals surface area contributed by atoms with Gasteiger partial charge in [-0.15, -0.1) is 0 Å². The normalized spacial score (nSPS) is 15.6. The lowest BCUT2D eigenvalue weighted by molar-refractivity contribution is 0.0944. The Kier molecular flexibility index (Phi) is 4.08. The Hall–Kier alpha value is -1.62. The van der Waals surface area contributed by atoms with Gasteiger partial charge in [0.15, 0.2) is 0 Å². The Bertz CT molecular complexity index is 686. The van der Waals surface area contributed by atoms with Gasteiger partial charge in [-0.3, -0.25) is 9.48 Å². The van der Waals surface area contributed by atoms with Crippen LogP contribution in [0.1, 0.15) is 34.5 Å². The zero-order valence-corrected chi connectivity index (χ0v) is 14.5. The summed E-state index contributed by atoms with van der Waals surface area (Å²) >= 11 is 3.46. The first-order valence-electron chi connectivity index (χ1n) is 7.50. The van der Waals surface area contributed by atoms with Crippen molar-refractivity contribution in [1.82, 2.24) is 15.1 Å². The van der Waals surface area contributed by atoms with E-state index in [1.807, 2.05) is 14.0 Å². The molecule has 0 saturated heterocycles. The summed E-state index contributed by atoms with van der Waals surface area (Å²) in [7, 11) is 1.85. The second-order valence-corrected chi connectivity index (χ2v) is 7.17. The van der Waals surface area contributed by atoms with Crippen LogP contribution in [-0.2, 0) is 13.5 Å². The molecule has 1 heterocycles. The van der Waals surface area contributed by atoms with Gasteiger partial charge in [0.2, 0.25) is 0 Å². The predicted octanol–water partition coefficient (Wildman–Crippen LogP) is 3.24. The molecule has 0 unspecified atom stereocenters. The number of amides is 1. The number of hydrogen-bond acceptors (Lipinski definition) is 2. The minimum Gasteiger partial charge on any atom is -0.351 e. The first kappa shape index (κ1) is 15.3. The molecule has 1 fully saturated rings. The van der Waals surface area contributed by atoms with E-state index in [2.05, 4.69) is 50.6 Å². The highest BCUT2D eigenvalue weighted by atomic mass is 79.9. The molecule has 5 heteroatoms. The third-order valence-electron chi connectivity index (χ3n) is 4.55. The average molecular weight is 362 g/mol. The molecule has 22 heavy (non-hydrogen) atoms. The molecule has 0 aliphatic heterocycles. The lowest BCUT2D eigenvalue weighted by atomic mass is 9.96. The minimum atomic E-state index is -0.0207. The maximum Gasteiger partial charge on any atom is 0.254 e. The molecule has 0 atom stereocenters. The van der Waals surface area contributed by atoms with Crippen LogP contribution in [0.3, 0.4) is 0 Å². The molecule has 0 radical (unpaired) electrons. The summed E-state index contributed by atoms with van der Waals surface area (Å²) in [5, 5.41) is 7.21. The second kappa shape index (κ2) is 5.88. The van der Waals surface area contributed by atoms with Crippen molar-refractivity contribution in [2.24, 2.45) is 12.5 Å². The van der Waals surface area contributed by atoms with Crippen LogP contribution in [0.4, 0.5) is 0 Å². The third-order valence-corrected chi connectivity index (χ3v) is 5.08. The van der Waals surface area contributed by atoms with Gasteiger partial charge in [-0.2, -0.15) is 5.10 Å². The van der Waals surface area contributed by atoms with Gasteiger partial charge in [0.25, 0.3) is 5.91 Å². The summed E-state index contributed by atoms with van der Waals surface area (Å²) in [5.74, 6) is -0.0207. The van der Waals surface area contributed by atoms with E-state index in [-0.39, 0.29) is 11.3 Å². The monoisotopic (exact) mass is 361 g/mol. The van der Waals surface area contributed by atoms with E-state index in [9.17, 15) is 4.79 Å². The number of aryl methyl sites for hydroxylation is 1. The number of nitrogens with one attached hydrogen (secondary N) is 1. The fourth-order valence-electron chi connectivity index (χ4n) is 2.71. The zero-order chi connectivity index (χ0) is 15.7.